The van der Waals surface area contributed by atoms with E-state index in [9.17, 15) is 9.70 Å². The molecule has 0 radical (unpaired) electrons. The number of hydrogen-bond acceptors (Lipinski definition) is 6. The summed E-state index contributed by atoms with van der Waals surface area (Å²) in [6.07, 6.45) is 7.53. The molecule has 0 spiro atoms. The number of amides is 1. The summed E-state index contributed by atoms with van der Waals surface area (Å²) in [7, 11) is 0. The van der Waals surface area contributed by atoms with E-state index in [0.29, 0.717) is 11.6 Å². The largest absolute Gasteiger partial charge is 0.363 e. The summed E-state index contributed by atoms with van der Waals surface area (Å²) in [4.78, 5) is 26.8. The SMILES string of the molecule is C[C@H](CNN=N)OC(Cc1cn(C[C@H]2CC[C@H](C)CC2)cn1)C(=O)N=O. The van der Waals surface area contributed by atoms with Crippen LogP contribution in [0.4, 0.5) is 0 Å². The number of nitrogens with one attached hydrogen (secondary N) is 2. The summed E-state index contributed by atoms with van der Waals surface area (Å²) < 4.78 is 7.63. The molecular formula is C17H28N6O3. The summed E-state index contributed by atoms with van der Waals surface area (Å²) >= 11 is 0. The molecule has 9 nitrogen and oxygen atoms in total. The van der Waals surface area contributed by atoms with E-state index in [0.717, 1.165) is 12.5 Å². The van der Waals surface area contributed by atoms with Crippen molar-refractivity contribution in [3.05, 3.63) is 23.1 Å². The van der Waals surface area contributed by atoms with Gasteiger partial charge in [0.2, 0.25) is 0 Å². The Kier molecular flexibility index (Phi) is 7.83. The Balaban J connectivity index is 1.91. The van der Waals surface area contributed by atoms with Gasteiger partial charge in [-0.1, -0.05) is 25.0 Å². The number of hydrogen-bond donors (Lipinski definition) is 2. The second kappa shape index (κ2) is 10.1. The van der Waals surface area contributed by atoms with E-state index in [1.165, 1.54) is 25.7 Å². The van der Waals surface area contributed by atoms with Crippen molar-refractivity contribution in [1.82, 2.24) is 15.0 Å². The highest BCUT2D eigenvalue weighted by Crippen LogP contribution is 2.29. The Morgan fingerprint density at radius 2 is 2.19 bits per heavy atom. The Morgan fingerprint density at radius 3 is 2.85 bits per heavy atom. The lowest BCUT2D eigenvalue weighted by Crippen LogP contribution is -2.33. The summed E-state index contributed by atoms with van der Waals surface area (Å²) in [5.41, 5.74) is 9.86. The third kappa shape index (κ3) is 6.29. The lowest BCUT2D eigenvalue weighted by molar-refractivity contribution is -0.132. The number of carbonyl (C=O) groups is 1. The van der Waals surface area contributed by atoms with Crippen LogP contribution in [0.3, 0.4) is 0 Å². The predicted octanol–water partition coefficient (Wildman–Crippen LogP) is 2.85. The van der Waals surface area contributed by atoms with Crippen LogP contribution in [0.2, 0.25) is 0 Å². The Morgan fingerprint density at radius 1 is 1.46 bits per heavy atom. The second-order valence-corrected chi connectivity index (χ2v) is 7.23. The van der Waals surface area contributed by atoms with E-state index in [1.54, 1.807) is 13.3 Å². The molecule has 1 aromatic heterocycles. The molecule has 9 heteroatoms. The van der Waals surface area contributed by atoms with Crippen LogP contribution in [0.15, 0.2) is 22.9 Å². The molecule has 2 atom stereocenters. The van der Waals surface area contributed by atoms with Gasteiger partial charge in [0, 0.05) is 24.3 Å². The van der Waals surface area contributed by atoms with Gasteiger partial charge in [-0.15, -0.1) is 4.91 Å². The van der Waals surface area contributed by atoms with Crippen LogP contribution >= 0.6 is 0 Å². The van der Waals surface area contributed by atoms with Gasteiger partial charge in [0.25, 0.3) is 0 Å². The minimum absolute atomic E-state index is 0.196. The number of nitroso groups, excluding NO2 is 1. The quantitative estimate of drug-likeness (QED) is 0.375. The molecule has 144 valence electrons. The van der Waals surface area contributed by atoms with Gasteiger partial charge >= 0.3 is 5.91 Å². The maximum atomic E-state index is 11.8. The average Bonchev–Trinajstić information content (AvgIpc) is 3.07. The predicted molar refractivity (Wildman–Crippen MR) is 95.3 cm³/mol. The molecule has 0 aromatic carbocycles. The van der Waals surface area contributed by atoms with Crippen LogP contribution in [-0.2, 0) is 22.5 Å². The molecule has 1 heterocycles. The monoisotopic (exact) mass is 364 g/mol. The molecular weight excluding hydrogens is 336 g/mol. The number of carbonyl (C=O) groups excluding carboxylic acids is 1. The normalized spacial score (nSPS) is 22.4. The van der Waals surface area contributed by atoms with Crippen molar-refractivity contribution < 1.29 is 9.53 Å². The fourth-order valence-electron chi connectivity index (χ4n) is 3.37. The molecule has 0 bridgehead atoms. The van der Waals surface area contributed by atoms with Gasteiger partial charge in [-0.2, -0.15) is 5.53 Å². The van der Waals surface area contributed by atoms with Crippen molar-refractivity contribution in [2.24, 2.45) is 22.2 Å². The molecule has 1 unspecified atom stereocenters. The highest BCUT2D eigenvalue weighted by molar-refractivity contribution is 5.81. The van der Waals surface area contributed by atoms with Crippen LogP contribution < -0.4 is 5.43 Å². The zero-order valence-corrected chi connectivity index (χ0v) is 15.4. The van der Waals surface area contributed by atoms with Crippen molar-refractivity contribution in [2.45, 2.75) is 64.7 Å². The molecule has 26 heavy (non-hydrogen) atoms. The van der Waals surface area contributed by atoms with Crippen LogP contribution in [0.25, 0.3) is 0 Å². The summed E-state index contributed by atoms with van der Waals surface area (Å²) in [6.45, 7) is 5.22. The van der Waals surface area contributed by atoms with Crippen molar-refractivity contribution in [2.75, 3.05) is 6.54 Å². The Hall–Kier alpha value is -2.16. The number of imidazole rings is 1. The first-order chi connectivity index (χ1) is 12.5. The highest BCUT2D eigenvalue weighted by Gasteiger charge is 2.25. The minimum atomic E-state index is -0.978. The number of aromatic nitrogens is 2. The maximum absolute atomic E-state index is 11.8. The molecule has 1 aliphatic carbocycles. The molecule has 2 rings (SSSR count). The van der Waals surface area contributed by atoms with Gasteiger partial charge in [-0.05, 0) is 31.6 Å². The third-order valence-corrected chi connectivity index (χ3v) is 4.91. The van der Waals surface area contributed by atoms with E-state index < -0.39 is 18.1 Å². The first-order valence-electron chi connectivity index (χ1n) is 9.14. The lowest BCUT2D eigenvalue weighted by Gasteiger charge is -2.26. The van der Waals surface area contributed by atoms with E-state index >= 15 is 0 Å². The number of ether oxygens (including phenoxy) is 1. The van der Waals surface area contributed by atoms with Crippen LogP contribution in [0.5, 0.6) is 0 Å². The van der Waals surface area contributed by atoms with Gasteiger partial charge < -0.3 is 9.30 Å². The van der Waals surface area contributed by atoms with Crippen molar-refractivity contribution in [1.29, 1.82) is 5.53 Å². The molecule has 2 N–H and O–H groups in total. The highest BCUT2D eigenvalue weighted by atomic mass is 16.5. The van der Waals surface area contributed by atoms with Gasteiger partial charge in [0.15, 0.2) is 0 Å². The number of rotatable bonds is 10. The van der Waals surface area contributed by atoms with Gasteiger partial charge in [-0.25, -0.2) is 4.98 Å². The molecule has 0 aliphatic heterocycles. The lowest BCUT2D eigenvalue weighted by atomic mass is 9.83. The second-order valence-electron chi connectivity index (χ2n) is 7.23. The van der Waals surface area contributed by atoms with Gasteiger partial charge in [0.1, 0.15) is 6.10 Å². The van der Waals surface area contributed by atoms with E-state index in [2.05, 4.69) is 32.3 Å². The molecule has 1 fully saturated rings. The minimum Gasteiger partial charge on any atom is -0.363 e. The summed E-state index contributed by atoms with van der Waals surface area (Å²) in [5.74, 6) is 0.637. The molecule has 1 aromatic rings. The molecule has 1 saturated carbocycles. The Bertz CT molecular complexity index is 597. The maximum Gasteiger partial charge on any atom is 0.315 e. The van der Waals surface area contributed by atoms with Crippen molar-refractivity contribution in [3.63, 3.8) is 0 Å². The van der Waals surface area contributed by atoms with Gasteiger partial charge in [-0.3, -0.25) is 10.2 Å². The van der Waals surface area contributed by atoms with E-state index in [4.69, 9.17) is 10.3 Å². The van der Waals surface area contributed by atoms with Crippen LogP contribution in [-0.4, -0.2) is 34.2 Å². The smallest absolute Gasteiger partial charge is 0.315 e. The zero-order chi connectivity index (χ0) is 18.9. The fraction of sp³-hybridized carbons (Fsp3) is 0.765. The van der Waals surface area contributed by atoms with Gasteiger partial charge in [0.05, 0.1) is 24.7 Å². The number of nitrogens with zero attached hydrogens (tertiary/aromatic N) is 4. The molecule has 1 aliphatic rings. The van der Waals surface area contributed by atoms with Crippen molar-refractivity contribution >= 4 is 5.91 Å². The van der Waals surface area contributed by atoms with E-state index in [1.807, 2.05) is 6.20 Å². The topological polar surface area (TPSA) is 122 Å². The van der Waals surface area contributed by atoms with Crippen molar-refractivity contribution in [3.8, 4) is 0 Å². The van der Waals surface area contributed by atoms with Crippen LogP contribution in [0.1, 0.15) is 45.2 Å². The Labute approximate surface area is 153 Å². The molecule has 0 saturated heterocycles. The standard InChI is InChI=1S/C17H28N6O3/c1-12-3-5-14(6-4-12)9-23-10-15(19-11-23)7-16(17(24)21-25)26-13(2)8-20-22-18/h10-14,16H,3-9H2,1-2H3,(H2,18,20)/t12-,13-,14-,16?/m1/s1. The van der Waals surface area contributed by atoms with Crippen LogP contribution in [0, 0.1) is 22.3 Å². The molecule has 1 amide bonds. The fourth-order valence-corrected chi connectivity index (χ4v) is 3.37. The first-order valence-corrected chi connectivity index (χ1v) is 9.14. The first kappa shape index (κ1) is 20.2. The zero-order valence-electron chi connectivity index (χ0n) is 15.4. The average molecular weight is 364 g/mol. The third-order valence-electron chi connectivity index (χ3n) is 4.91. The summed E-state index contributed by atoms with van der Waals surface area (Å²) in [5, 5.41) is 5.53. The summed E-state index contributed by atoms with van der Waals surface area (Å²) in [6, 6.07) is 0. The van der Waals surface area contributed by atoms with E-state index in [-0.39, 0.29) is 13.0 Å².